The topological polar surface area (TPSA) is 49.2 Å². The summed E-state index contributed by atoms with van der Waals surface area (Å²) in [4.78, 5) is 9.17. The average Bonchev–Trinajstić information content (AvgIpc) is 3.06. The zero-order valence-corrected chi connectivity index (χ0v) is 14.2. The van der Waals surface area contributed by atoms with E-state index in [-0.39, 0.29) is 5.60 Å². The van der Waals surface area contributed by atoms with Crippen molar-refractivity contribution >= 4 is 38.7 Å². The summed E-state index contributed by atoms with van der Waals surface area (Å²) in [6.45, 7) is 2.01. The third-order valence-electron chi connectivity index (χ3n) is 3.90. The molecule has 21 heavy (non-hydrogen) atoms. The zero-order chi connectivity index (χ0) is 14.9. The number of ether oxygens (including phenoxy) is 2. The molecule has 1 saturated heterocycles. The minimum atomic E-state index is -0.302. The van der Waals surface area contributed by atoms with Gasteiger partial charge in [0.15, 0.2) is 5.65 Å². The molecule has 1 aliphatic heterocycles. The van der Waals surface area contributed by atoms with Crippen LogP contribution in [-0.4, -0.2) is 46.3 Å². The van der Waals surface area contributed by atoms with Crippen molar-refractivity contribution < 1.29 is 9.47 Å². The fourth-order valence-corrected chi connectivity index (χ4v) is 3.19. The SMILES string of the molecule is COC1(Cn2c(CCCl)nc3cc(Br)cnc32)CCOC1. The molecule has 0 aliphatic carbocycles. The summed E-state index contributed by atoms with van der Waals surface area (Å²) in [5.41, 5.74) is 1.43. The molecule has 1 unspecified atom stereocenters. The van der Waals surface area contributed by atoms with Gasteiger partial charge in [-0.3, -0.25) is 0 Å². The van der Waals surface area contributed by atoms with E-state index in [1.807, 2.05) is 6.07 Å². The molecule has 1 fully saturated rings. The van der Waals surface area contributed by atoms with Gasteiger partial charge in [-0.15, -0.1) is 11.6 Å². The summed E-state index contributed by atoms with van der Waals surface area (Å²) < 4.78 is 14.3. The van der Waals surface area contributed by atoms with Crippen LogP contribution in [0.1, 0.15) is 12.2 Å². The first-order valence-corrected chi connectivity index (χ1v) is 8.20. The Balaban J connectivity index is 2.04. The molecule has 7 heteroatoms. The van der Waals surface area contributed by atoms with Crippen LogP contribution in [0.15, 0.2) is 16.7 Å². The molecule has 1 atom stereocenters. The lowest BCUT2D eigenvalue weighted by molar-refractivity contribution is -0.0293. The molecule has 0 N–H and O–H groups in total. The van der Waals surface area contributed by atoms with Gasteiger partial charge in [0, 0.05) is 43.1 Å². The lowest BCUT2D eigenvalue weighted by Gasteiger charge is -2.27. The van der Waals surface area contributed by atoms with E-state index < -0.39 is 0 Å². The van der Waals surface area contributed by atoms with Crippen LogP contribution in [0.3, 0.4) is 0 Å². The Morgan fingerprint density at radius 2 is 2.43 bits per heavy atom. The second-order valence-electron chi connectivity index (χ2n) is 5.24. The number of rotatable bonds is 5. The van der Waals surface area contributed by atoms with Gasteiger partial charge >= 0.3 is 0 Å². The Bertz CT molecular complexity index is 640. The van der Waals surface area contributed by atoms with Gasteiger partial charge in [-0.2, -0.15) is 0 Å². The average molecular weight is 375 g/mol. The summed E-state index contributed by atoms with van der Waals surface area (Å²) in [6, 6.07) is 1.97. The van der Waals surface area contributed by atoms with E-state index in [4.69, 9.17) is 21.1 Å². The summed E-state index contributed by atoms with van der Waals surface area (Å²) >= 11 is 9.35. The molecule has 1 aliphatic rings. The van der Waals surface area contributed by atoms with Crippen LogP contribution in [-0.2, 0) is 22.4 Å². The third kappa shape index (κ3) is 2.95. The Labute approximate surface area is 136 Å². The highest BCUT2D eigenvalue weighted by Gasteiger charge is 2.36. The first-order chi connectivity index (χ1) is 10.2. The van der Waals surface area contributed by atoms with E-state index in [2.05, 4.69) is 30.5 Å². The maximum atomic E-state index is 5.91. The molecule has 0 saturated carbocycles. The Morgan fingerprint density at radius 3 is 3.10 bits per heavy atom. The lowest BCUT2D eigenvalue weighted by Crippen LogP contribution is -2.37. The number of halogens is 2. The quantitative estimate of drug-likeness (QED) is 0.755. The Kier molecular flexibility index (Phi) is 4.49. The summed E-state index contributed by atoms with van der Waals surface area (Å²) in [5, 5.41) is 0. The van der Waals surface area contributed by atoms with Crippen molar-refractivity contribution in [1.82, 2.24) is 14.5 Å². The predicted molar refractivity (Wildman–Crippen MR) is 84.8 cm³/mol. The zero-order valence-electron chi connectivity index (χ0n) is 11.8. The summed E-state index contributed by atoms with van der Waals surface area (Å²) in [7, 11) is 1.74. The number of imidazole rings is 1. The molecule has 114 valence electrons. The van der Waals surface area contributed by atoms with Crippen LogP contribution in [0, 0.1) is 0 Å². The van der Waals surface area contributed by atoms with Crippen LogP contribution in [0.2, 0.25) is 0 Å². The van der Waals surface area contributed by atoms with Crippen LogP contribution in [0.4, 0.5) is 0 Å². The van der Waals surface area contributed by atoms with Crippen molar-refractivity contribution in [2.75, 3.05) is 26.2 Å². The van der Waals surface area contributed by atoms with Crippen LogP contribution in [0.25, 0.3) is 11.2 Å². The van der Waals surface area contributed by atoms with Gasteiger partial charge in [-0.1, -0.05) is 0 Å². The van der Waals surface area contributed by atoms with Crippen molar-refractivity contribution in [3.05, 3.63) is 22.6 Å². The van der Waals surface area contributed by atoms with Gasteiger partial charge in [-0.05, 0) is 22.0 Å². The van der Waals surface area contributed by atoms with Gasteiger partial charge in [0.1, 0.15) is 16.9 Å². The highest BCUT2D eigenvalue weighted by Crippen LogP contribution is 2.28. The standard InChI is InChI=1S/C14H17BrClN3O2/c1-20-14(3-5-21-9-14)8-19-12(2-4-16)18-11-6-10(15)7-17-13(11)19/h6-7H,2-5,8-9H2,1H3. The van der Waals surface area contributed by atoms with Gasteiger partial charge in [0.05, 0.1) is 13.2 Å². The fourth-order valence-electron chi connectivity index (χ4n) is 2.70. The number of alkyl halides is 1. The second kappa shape index (κ2) is 6.20. The van der Waals surface area contributed by atoms with Crippen molar-refractivity contribution in [3.8, 4) is 0 Å². The molecular formula is C14H17BrClN3O2. The maximum absolute atomic E-state index is 5.91. The molecule has 2 aromatic heterocycles. The predicted octanol–water partition coefficient (Wildman–Crippen LogP) is 2.78. The van der Waals surface area contributed by atoms with Crippen molar-refractivity contribution in [2.24, 2.45) is 0 Å². The minimum Gasteiger partial charge on any atom is -0.378 e. The Morgan fingerprint density at radius 1 is 1.57 bits per heavy atom. The van der Waals surface area contributed by atoms with Gasteiger partial charge < -0.3 is 14.0 Å². The molecule has 0 amide bonds. The molecule has 0 bridgehead atoms. The monoisotopic (exact) mass is 373 g/mol. The van der Waals surface area contributed by atoms with Gasteiger partial charge in [0.2, 0.25) is 0 Å². The molecule has 0 spiro atoms. The van der Waals surface area contributed by atoms with E-state index in [0.717, 1.165) is 34.5 Å². The smallest absolute Gasteiger partial charge is 0.160 e. The maximum Gasteiger partial charge on any atom is 0.160 e. The first kappa shape index (κ1) is 15.2. The normalized spacial score (nSPS) is 22.2. The van der Waals surface area contributed by atoms with Crippen LogP contribution >= 0.6 is 27.5 Å². The molecular weight excluding hydrogens is 358 g/mol. The molecule has 5 nitrogen and oxygen atoms in total. The number of methoxy groups -OCH3 is 1. The number of pyridine rings is 1. The number of hydrogen-bond acceptors (Lipinski definition) is 4. The highest BCUT2D eigenvalue weighted by molar-refractivity contribution is 9.10. The fraction of sp³-hybridized carbons (Fsp3) is 0.571. The third-order valence-corrected chi connectivity index (χ3v) is 4.52. The second-order valence-corrected chi connectivity index (χ2v) is 6.53. The number of fused-ring (bicyclic) bond motifs is 1. The lowest BCUT2D eigenvalue weighted by atomic mass is 10.0. The molecule has 0 aromatic carbocycles. The summed E-state index contributed by atoms with van der Waals surface area (Å²) in [5.74, 6) is 1.47. The molecule has 3 rings (SSSR count). The number of aromatic nitrogens is 3. The van der Waals surface area contributed by atoms with Gasteiger partial charge in [0.25, 0.3) is 0 Å². The minimum absolute atomic E-state index is 0.302. The molecule has 3 heterocycles. The number of nitrogens with zero attached hydrogens (tertiary/aromatic N) is 3. The van der Waals surface area contributed by atoms with E-state index >= 15 is 0 Å². The molecule has 2 aromatic rings. The van der Waals surface area contributed by atoms with Gasteiger partial charge in [-0.25, -0.2) is 9.97 Å². The molecule has 0 radical (unpaired) electrons. The van der Waals surface area contributed by atoms with Crippen LogP contribution in [0.5, 0.6) is 0 Å². The van der Waals surface area contributed by atoms with E-state index in [1.165, 1.54) is 0 Å². The number of hydrogen-bond donors (Lipinski definition) is 0. The van der Waals surface area contributed by atoms with Crippen molar-refractivity contribution in [2.45, 2.75) is 25.0 Å². The largest absolute Gasteiger partial charge is 0.378 e. The van der Waals surface area contributed by atoms with E-state index in [0.29, 0.717) is 25.5 Å². The van der Waals surface area contributed by atoms with Crippen molar-refractivity contribution in [1.29, 1.82) is 0 Å². The summed E-state index contributed by atoms with van der Waals surface area (Å²) in [6.07, 6.45) is 3.37. The van der Waals surface area contributed by atoms with E-state index in [9.17, 15) is 0 Å². The van der Waals surface area contributed by atoms with Crippen LogP contribution < -0.4 is 0 Å². The number of aryl methyl sites for hydroxylation is 1. The first-order valence-electron chi connectivity index (χ1n) is 6.87. The van der Waals surface area contributed by atoms with Crippen molar-refractivity contribution in [3.63, 3.8) is 0 Å². The highest BCUT2D eigenvalue weighted by atomic mass is 79.9. The van der Waals surface area contributed by atoms with E-state index in [1.54, 1.807) is 13.3 Å². The Hall–Kier alpha value is -0.690.